The third-order valence-electron chi connectivity index (χ3n) is 6.06. The first-order valence-corrected chi connectivity index (χ1v) is 14.5. The van der Waals surface area contributed by atoms with Crippen LogP contribution in [0.4, 0.5) is 18.9 Å². The summed E-state index contributed by atoms with van der Waals surface area (Å²) in [6, 6.07) is 9.50. The molecule has 40 heavy (non-hydrogen) atoms. The number of rotatable bonds is 10. The highest BCUT2D eigenvalue weighted by Gasteiger charge is 2.34. The molecule has 0 radical (unpaired) electrons. The van der Waals surface area contributed by atoms with Crippen LogP contribution in [0.15, 0.2) is 59.6 Å². The number of nitrogens with one attached hydrogen (secondary N) is 2. The van der Waals surface area contributed by atoms with Crippen LogP contribution in [0.1, 0.15) is 35.2 Å². The number of halogens is 5. The summed E-state index contributed by atoms with van der Waals surface area (Å²) in [5.41, 5.74) is -1.02. The number of benzene rings is 2. The quantitative estimate of drug-likeness (QED) is 0.262. The molecule has 3 aromatic rings. The number of likely N-dealkylation sites (tertiary alicyclic amines) is 1. The zero-order valence-electron chi connectivity index (χ0n) is 21.0. The van der Waals surface area contributed by atoms with Gasteiger partial charge in [-0.2, -0.15) is 13.2 Å². The molecule has 0 spiro atoms. The molecule has 0 atom stereocenters. The summed E-state index contributed by atoms with van der Waals surface area (Å²) in [6.07, 6.45) is -0.295. The Morgan fingerprint density at radius 3 is 2.52 bits per heavy atom. The molecule has 14 heteroatoms. The lowest BCUT2D eigenvalue weighted by Crippen LogP contribution is -2.28. The molecule has 2 N–H and O–H groups in total. The summed E-state index contributed by atoms with van der Waals surface area (Å²) in [7, 11) is -4.42. The highest BCUT2D eigenvalue weighted by atomic mass is 35.5. The van der Waals surface area contributed by atoms with Gasteiger partial charge in [0.2, 0.25) is 5.88 Å². The van der Waals surface area contributed by atoms with E-state index in [4.69, 9.17) is 27.9 Å². The fourth-order valence-corrected chi connectivity index (χ4v) is 5.69. The molecule has 0 bridgehead atoms. The molecule has 1 aliphatic rings. The lowest BCUT2D eigenvalue weighted by atomic mass is 10.2. The molecule has 0 unspecified atom stereocenters. The average Bonchev–Trinajstić information content (AvgIpc) is 3.41. The predicted molar refractivity (Wildman–Crippen MR) is 146 cm³/mol. The second-order valence-corrected chi connectivity index (χ2v) is 11.6. The molecular formula is C26H25Cl2F3N4O4S. The first kappa shape index (κ1) is 29.9. The topological polar surface area (TPSA) is 101 Å². The Bertz CT molecular complexity index is 1480. The monoisotopic (exact) mass is 616 g/mol. The maximum absolute atomic E-state index is 13.0. The molecular weight excluding hydrogens is 592 g/mol. The number of anilines is 1. The SMILES string of the molecule is O=C(NCCCN1CCCC1)c1cccc(Oc2ncc(Cl)cc2NS(=O)(=O)c2ccc(C(F)(F)F)c(Cl)c2)c1. The van der Waals surface area contributed by atoms with Crippen LogP contribution in [0, 0.1) is 0 Å². The number of aromatic nitrogens is 1. The molecule has 2 heterocycles. The number of alkyl halides is 3. The fraction of sp³-hybridized carbons (Fsp3) is 0.308. The number of nitrogens with zero attached hydrogens (tertiary/aromatic N) is 2. The minimum atomic E-state index is -4.75. The van der Waals surface area contributed by atoms with Gasteiger partial charge in [0, 0.05) is 18.3 Å². The Balaban J connectivity index is 1.46. The highest BCUT2D eigenvalue weighted by molar-refractivity contribution is 7.92. The average molecular weight is 617 g/mol. The number of hydrogen-bond donors (Lipinski definition) is 2. The summed E-state index contributed by atoms with van der Waals surface area (Å²) in [6.45, 7) is 3.60. The molecule has 1 amide bonds. The lowest BCUT2D eigenvalue weighted by molar-refractivity contribution is -0.137. The summed E-state index contributed by atoms with van der Waals surface area (Å²) in [5, 5.41) is 2.16. The van der Waals surface area contributed by atoms with Crippen LogP contribution in [-0.4, -0.2) is 50.4 Å². The minimum Gasteiger partial charge on any atom is -0.437 e. The zero-order valence-corrected chi connectivity index (χ0v) is 23.3. The van der Waals surface area contributed by atoms with Gasteiger partial charge in [-0.3, -0.25) is 9.52 Å². The first-order chi connectivity index (χ1) is 18.9. The van der Waals surface area contributed by atoms with E-state index in [0.717, 1.165) is 32.1 Å². The molecule has 214 valence electrons. The van der Waals surface area contributed by atoms with Gasteiger partial charge < -0.3 is 15.0 Å². The van der Waals surface area contributed by atoms with Gasteiger partial charge in [-0.1, -0.05) is 29.3 Å². The van der Waals surface area contributed by atoms with Crippen molar-refractivity contribution in [2.75, 3.05) is 30.9 Å². The second-order valence-electron chi connectivity index (χ2n) is 9.04. The molecule has 4 rings (SSSR count). The molecule has 1 aliphatic heterocycles. The van der Waals surface area contributed by atoms with Crippen LogP contribution < -0.4 is 14.8 Å². The van der Waals surface area contributed by atoms with Crippen molar-refractivity contribution in [1.29, 1.82) is 0 Å². The van der Waals surface area contributed by atoms with Crippen LogP contribution in [-0.2, 0) is 16.2 Å². The van der Waals surface area contributed by atoms with Gasteiger partial charge in [-0.05, 0) is 81.4 Å². The Labute approximate surface area is 239 Å². The molecule has 0 aliphatic carbocycles. The Morgan fingerprint density at radius 2 is 1.82 bits per heavy atom. The van der Waals surface area contributed by atoms with Gasteiger partial charge in [0.1, 0.15) is 11.4 Å². The molecule has 1 saturated heterocycles. The number of amides is 1. The minimum absolute atomic E-state index is 0.0672. The van der Waals surface area contributed by atoms with Gasteiger partial charge in [0.25, 0.3) is 15.9 Å². The number of carbonyl (C=O) groups excluding carboxylic acids is 1. The smallest absolute Gasteiger partial charge is 0.417 e. The normalized spacial score (nSPS) is 14.2. The van der Waals surface area contributed by atoms with Crippen LogP contribution >= 0.6 is 23.2 Å². The molecule has 2 aromatic carbocycles. The van der Waals surface area contributed by atoms with Crippen molar-refractivity contribution in [3.63, 3.8) is 0 Å². The maximum Gasteiger partial charge on any atom is 0.417 e. The molecule has 1 aromatic heterocycles. The first-order valence-electron chi connectivity index (χ1n) is 12.3. The van der Waals surface area contributed by atoms with E-state index in [1.807, 2.05) is 0 Å². The molecule has 8 nitrogen and oxygen atoms in total. The van der Waals surface area contributed by atoms with Crippen LogP contribution in [0.25, 0.3) is 0 Å². The summed E-state index contributed by atoms with van der Waals surface area (Å²) in [5.74, 6) is -0.303. The Morgan fingerprint density at radius 1 is 1.07 bits per heavy atom. The summed E-state index contributed by atoms with van der Waals surface area (Å²) < 4.78 is 73.0. The van der Waals surface area contributed by atoms with E-state index in [9.17, 15) is 26.4 Å². The lowest BCUT2D eigenvalue weighted by Gasteiger charge is -2.15. The van der Waals surface area contributed by atoms with E-state index >= 15 is 0 Å². The predicted octanol–water partition coefficient (Wildman–Crippen LogP) is 6.22. The number of ether oxygens (including phenoxy) is 1. The van der Waals surface area contributed by atoms with Crippen molar-refractivity contribution in [1.82, 2.24) is 15.2 Å². The van der Waals surface area contributed by atoms with E-state index in [2.05, 4.69) is 19.9 Å². The van der Waals surface area contributed by atoms with Crippen molar-refractivity contribution in [3.8, 4) is 11.6 Å². The van der Waals surface area contributed by atoms with Crippen molar-refractivity contribution in [2.45, 2.75) is 30.3 Å². The van der Waals surface area contributed by atoms with Crippen molar-refractivity contribution in [3.05, 3.63) is 75.9 Å². The Kier molecular flexibility index (Phi) is 9.44. The summed E-state index contributed by atoms with van der Waals surface area (Å²) in [4.78, 5) is 18.5. The van der Waals surface area contributed by atoms with Crippen molar-refractivity contribution < 1.29 is 31.1 Å². The Hall–Kier alpha value is -3.06. The van der Waals surface area contributed by atoms with Crippen molar-refractivity contribution >= 4 is 44.8 Å². The van der Waals surface area contributed by atoms with E-state index in [-0.39, 0.29) is 28.2 Å². The van der Waals surface area contributed by atoms with Gasteiger partial charge >= 0.3 is 6.18 Å². The van der Waals surface area contributed by atoms with Crippen molar-refractivity contribution in [2.24, 2.45) is 0 Å². The third kappa shape index (κ3) is 7.78. The maximum atomic E-state index is 13.0. The third-order valence-corrected chi connectivity index (χ3v) is 7.95. The van der Waals surface area contributed by atoms with Gasteiger partial charge in [-0.15, -0.1) is 0 Å². The number of pyridine rings is 1. The van der Waals surface area contributed by atoms with Crippen LogP contribution in [0.2, 0.25) is 10.0 Å². The molecule has 0 saturated carbocycles. The number of hydrogen-bond acceptors (Lipinski definition) is 6. The van der Waals surface area contributed by atoms with Crippen LogP contribution in [0.3, 0.4) is 0 Å². The second kappa shape index (κ2) is 12.6. The highest BCUT2D eigenvalue weighted by Crippen LogP contribution is 2.37. The fourth-order valence-electron chi connectivity index (χ4n) is 4.10. The van der Waals surface area contributed by atoms with E-state index in [0.29, 0.717) is 24.2 Å². The van der Waals surface area contributed by atoms with E-state index in [1.165, 1.54) is 31.2 Å². The largest absolute Gasteiger partial charge is 0.437 e. The zero-order chi connectivity index (χ0) is 28.9. The van der Waals surface area contributed by atoms with Gasteiger partial charge in [0.05, 0.1) is 20.5 Å². The number of carbonyl (C=O) groups is 1. The van der Waals surface area contributed by atoms with E-state index in [1.54, 1.807) is 18.2 Å². The van der Waals surface area contributed by atoms with Gasteiger partial charge in [-0.25, -0.2) is 13.4 Å². The van der Waals surface area contributed by atoms with E-state index < -0.39 is 31.7 Å². The molecule has 1 fully saturated rings. The van der Waals surface area contributed by atoms with Crippen LogP contribution in [0.5, 0.6) is 11.6 Å². The summed E-state index contributed by atoms with van der Waals surface area (Å²) >= 11 is 11.7. The van der Waals surface area contributed by atoms with Gasteiger partial charge in [0.15, 0.2) is 0 Å². The standard InChI is InChI=1S/C26H25Cl2F3N4O4S/c27-18-14-23(34-40(37,38)20-7-8-21(22(28)15-20)26(29,30)31)25(33-16-18)39-19-6-3-5-17(13-19)24(36)32-9-4-12-35-10-1-2-11-35/h3,5-8,13-16,34H,1-2,4,9-12H2,(H,32,36). The number of sulfonamides is 1.